The number of carboxylic acids is 1. The summed E-state index contributed by atoms with van der Waals surface area (Å²) >= 11 is 0. The van der Waals surface area contributed by atoms with Crippen molar-refractivity contribution in [2.24, 2.45) is 4.99 Å². The summed E-state index contributed by atoms with van der Waals surface area (Å²) in [7, 11) is 2.70. The number of aliphatic carboxylic acids is 1. The third-order valence-corrected chi connectivity index (χ3v) is 1.43. The molecule has 0 heterocycles. The van der Waals surface area contributed by atoms with E-state index in [-0.39, 0.29) is 0 Å². The summed E-state index contributed by atoms with van der Waals surface area (Å²) in [5, 5.41) is 8.68. The Balaban J connectivity index is 4.17. The van der Waals surface area contributed by atoms with E-state index in [4.69, 9.17) is 9.84 Å². The molecule has 0 aromatic carbocycles. The van der Waals surface area contributed by atoms with Crippen molar-refractivity contribution in [2.75, 3.05) is 14.2 Å². The summed E-state index contributed by atoms with van der Waals surface area (Å²) < 4.78 is 4.81. The number of ether oxygens (including phenoxy) is 1. The van der Waals surface area contributed by atoms with Gasteiger partial charge in [0, 0.05) is 7.11 Å². The van der Waals surface area contributed by atoms with Crippen LogP contribution in [-0.4, -0.2) is 43.8 Å². The number of rotatable bonds is 6. The van der Waals surface area contributed by atoms with Crippen molar-refractivity contribution in [3.05, 3.63) is 0 Å². The fourth-order valence-corrected chi connectivity index (χ4v) is 0.648. The summed E-state index contributed by atoms with van der Waals surface area (Å²) in [6.07, 6.45) is 0.406. The van der Waals surface area contributed by atoms with E-state index in [1.165, 1.54) is 14.2 Å². The molecule has 0 unspecified atom stereocenters. The zero-order valence-electron chi connectivity index (χ0n) is 7.76. The predicted molar refractivity (Wildman–Crippen MR) is 44.5 cm³/mol. The smallest absolute Gasteiger partial charge is 0.331 e. The molecule has 76 valence electrons. The van der Waals surface area contributed by atoms with Crippen LogP contribution in [0.15, 0.2) is 4.99 Å². The lowest BCUT2D eigenvalue weighted by Crippen LogP contribution is -2.31. The first-order valence-corrected chi connectivity index (χ1v) is 3.60. The van der Waals surface area contributed by atoms with Gasteiger partial charge in [0.15, 0.2) is 6.04 Å². The Hall–Kier alpha value is -1.14. The lowest BCUT2D eigenvalue weighted by atomic mass is 10.2. The van der Waals surface area contributed by atoms with Crippen molar-refractivity contribution in [2.45, 2.75) is 19.1 Å². The minimum atomic E-state index is -1.08. The van der Waals surface area contributed by atoms with Gasteiger partial charge < -0.3 is 14.7 Å². The molecule has 0 aromatic heterocycles. The van der Waals surface area contributed by atoms with Gasteiger partial charge in [0.05, 0.1) is 13.2 Å². The van der Waals surface area contributed by atoms with Crippen LogP contribution in [0.25, 0.3) is 0 Å². The van der Waals surface area contributed by atoms with Gasteiger partial charge in [-0.25, -0.2) is 9.79 Å². The maximum atomic E-state index is 10.6. The SMILES string of the molecule is COOC=N[C@@H](C(=O)O)[C@@H](C)OC. The Labute approximate surface area is 76.0 Å². The van der Waals surface area contributed by atoms with Crippen LogP contribution in [0.1, 0.15) is 6.92 Å². The quantitative estimate of drug-likeness (QED) is 0.278. The van der Waals surface area contributed by atoms with Crippen LogP contribution in [0.5, 0.6) is 0 Å². The molecule has 0 bridgehead atoms. The van der Waals surface area contributed by atoms with Crippen LogP contribution in [0, 0.1) is 0 Å². The van der Waals surface area contributed by atoms with Gasteiger partial charge in [-0.3, -0.25) is 0 Å². The largest absolute Gasteiger partial charge is 0.480 e. The first-order chi connectivity index (χ1) is 6.13. The van der Waals surface area contributed by atoms with E-state index in [9.17, 15) is 4.79 Å². The topological polar surface area (TPSA) is 77.4 Å². The highest BCUT2D eigenvalue weighted by Gasteiger charge is 2.23. The Morgan fingerprint density at radius 1 is 1.54 bits per heavy atom. The first-order valence-electron chi connectivity index (χ1n) is 3.60. The third kappa shape index (κ3) is 4.44. The number of nitrogens with zero attached hydrogens (tertiary/aromatic N) is 1. The molecule has 1 N–H and O–H groups in total. The first kappa shape index (κ1) is 11.9. The van der Waals surface area contributed by atoms with Crippen molar-refractivity contribution < 1.29 is 24.4 Å². The second-order valence-corrected chi connectivity index (χ2v) is 2.24. The number of carboxylic acid groups (broad SMARTS) is 1. The molecule has 0 aliphatic rings. The Morgan fingerprint density at radius 3 is 2.54 bits per heavy atom. The molecule has 6 heteroatoms. The highest BCUT2D eigenvalue weighted by atomic mass is 17.2. The van der Waals surface area contributed by atoms with Crippen molar-refractivity contribution >= 4 is 12.4 Å². The number of aliphatic imine (C=N–C) groups is 1. The van der Waals surface area contributed by atoms with Crippen LogP contribution < -0.4 is 0 Å². The Bertz CT molecular complexity index is 182. The van der Waals surface area contributed by atoms with Crippen molar-refractivity contribution in [3.63, 3.8) is 0 Å². The molecule has 0 saturated heterocycles. The second-order valence-electron chi connectivity index (χ2n) is 2.24. The maximum Gasteiger partial charge on any atom is 0.331 e. The van der Waals surface area contributed by atoms with Crippen molar-refractivity contribution in [1.82, 2.24) is 0 Å². The molecule has 13 heavy (non-hydrogen) atoms. The summed E-state index contributed by atoms with van der Waals surface area (Å²) in [6.45, 7) is 1.60. The van der Waals surface area contributed by atoms with E-state index in [0.717, 1.165) is 6.40 Å². The van der Waals surface area contributed by atoms with Crippen LogP contribution in [-0.2, 0) is 19.3 Å². The van der Waals surface area contributed by atoms with Gasteiger partial charge in [0.1, 0.15) is 0 Å². The summed E-state index contributed by atoms with van der Waals surface area (Å²) in [6, 6.07) is -0.986. The molecule has 6 nitrogen and oxygen atoms in total. The monoisotopic (exact) mass is 191 g/mol. The van der Waals surface area contributed by atoms with Crippen LogP contribution in [0.4, 0.5) is 0 Å². The molecule has 0 amide bonds. The summed E-state index contributed by atoms with van der Waals surface area (Å²) in [4.78, 5) is 22.7. The van der Waals surface area contributed by atoms with E-state index >= 15 is 0 Å². The highest BCUT2D eigenvalue weighted by molar-refractivity contribution is 5.75. The molecule has 0 aromatic rings. The minimum Gasteiger partial charge on any atom is -0.480 e. The molecule has 0 aliphatic heterocycles. The van der Waals surface area contributed by atoms with Crippen molar-refractivity contribution in [1.29, 1.82) is 0 Å². The highest BCUT2D eigenvalue weighted by Crippen LogP contribution is 2.02. The lowest BCUT2D eigenvalue weighted by Gasteiger charge is -2.13. The number of carbonyl (C=O) groups is 1. The van der Waals surface area contributed by atoms with Crippen LogP contribution in [0.3, 0.4) is 0 Å². The van der Waals surface area contributed by atoms with E-state index in [0.29, 0.717) is 0 Å². The lowest BCUT2D eigenvalue weighted by molar-refractivity contribution is -0.188. The molecular weight excluding hydrogens is 178 g/mol. The maximum absolute atomic E-state index is 10.6. The Morgan fingerprint density at radius 2 is 2.15 bits per heavy atom. The summed E-state index contributed by atoms with van der Waals surface area (Å²) in [5.41, 5.74) is 0. The average molecular weight is 191 g/mol. The van der Waals surface area contributed by atoms with E-state index in [1.54, 1.807) is 6.92 Å². The van der Waals surface area contributed by atoms with Crippen molar-refractivity contribution in [3.8, 4) is 0 Å². The molecule has 0 saturated carbocycles. The third-order valence-electron chi connectivity index (χ3n) is 1.43. The molecule has 0 fully saturated rings. The van der Waals surface area contributed by atoms with E-state index < -0.39 is 18.1 Å². The molecule has 2 atom stereocenters. The van der Waals surface area contributed by atoms with Crippen LogP contribution in [0.2, 0.25) is 0 Å². The number of hydrogen-bond donors (Lipinski definition) is 1. The molecule has 0 rings (SSSR count). The van der Waals surface area contributed by atoms with Gasteiger partial charge in [-0.1, -0.05) is 0 Å². The fraction of sp³-hybridized carbons (Fsp3) is 0.714. The molecule has 0 radical (unpaired) electrons. The predicted octanol–water partition coefficient (Wildman–Crippen LogP) is 0.0808. The molecular formula is C7H13NO5. The van der Waals surface area contributed by atoms with Gasteiger partial charge in [-0.05, 0) is 6.92 Å². The van der Waals surface area contributed by atoms with Gasteiger partial charge in [0.25, 0.3) is 0 Å². The number of methoxy groups -OCH3 is 1. The average Bonchev–Trinajstić information content (AvgIpc) is 2.11. The fourth-order valence-electron chi connectivity index (χ4n) is 0.648. The summed E-state index contributed by atoms with van der Waals surface area (Å²) in [5.74, 6) is -1.08. The standard InChI is InChI=1S/C7H13NO5/c1-5(11-2)6(7(9)10)8-4-13-12-3/h4-6H,1-3H3,(H,9,10)/t5-,6-/m1/s1. The molecule has 0 aliphatic carbocycles. The Kier molecular flexibility index (Phi) is 5.82. The van der Waals surface area contributed by atoms with Gasteiger partial charge in [-0.15, -0.1) is 0 Å². The number of hydrogen-bond acceptors (Lipinski definition) is 5. The van der Waals surface area contributed by atoms with Crippen LogP contribution >= 0.6 is 0 Å². The second kappa shape index (κ2) is 6.38. The molecule has 0 spiro atoms. The van der Waals surface area contributed by atoms with Gasteiger partial charge in [-0.2, -0.15) is 4.89 Å². The zero-order valence-corrected chi connectivity index (χ0v) is 7.76. The minimum absolute atomic E-state index is 0.519. The zero-order chi connectivity index (χ0) is 10.3. The van der Waals surface area contributed by atoms with E-state index in [2.05, 4.69) is 14.8 Å². The van der Waals surface area contributed by atoms with Gasteiger partial charge in [0.2, 0.25) is 6.40 Å². The van der Waals surface area contributed by atoms with Gasteiger partial charge >= 0.3 is 5.97 Å². The van der Waals surface area contributed by atoms with E-state index in [1.807, 2.05) is 0 Å². The normalized spacial score (nSPS) is 15.6.